The molecule has 0 radical (unpaired) electrons. The van der Waals surface area contributed by atoms with Gasteiger partial charge in [-0.05, 0) is 37.0 Å². The van der Waals surface area contributed by atoms with Crippen LogP contribution in [0.25, 0.3) is 0 Å². The molecule has 0 saturated heterocycles. The number of aromatic hydroxyl groups is 1. The number of rotatable bonds is 12. The van der Waals surface area contributed by atoms with Gasteiger partial charge in [-0.1, -0.05) is 26.0 Å². The van der Waals surface area contributed by atoms with Gasteiger partial charge in [-0.3, -0.25) is 19.2 Å². The predicted octanol–water partition coefficient (Wildman–Crippen LogP) is -0.203. The van der Waals surface area contributed by atoms with E-state index in [0.717, 1.165) is 0 Å². The zero-order valence-electron chi connectivity index (χ0n) is 18.4. The lowest BCUT2D eigenvalue weighted by Crippen LogP contribution is -2.57. The standard InChI is InChI=1S/C21H32N4O6S/c1-11(2)8-16(19(28)23-12(3)21(30)31)25-20(29)17(24-18(27)15(22)10-32)9-13-4-6-14(26)7-5-13/h4-7,11-12,15-17,26,32H,8-10,22H2,1-3H3,(H,23,28)(H,24,27)(H,25,29)(H,30,31). The van der Waals surface area contributed by atoms with E-state index in [0.29, 0.717) is 5.56 Å². The van der Waals surface area contributed by atoms with Crippen LogP contribution in [0.1, 0.15) is 32.8 Å². The van der Waals surface area contributed by atoms with Gasteiger partial charge < -0.3 is 31.9 Å². The van der Waals surface area contributed by atoms with Gasteiger partial charge in [0.2, 0.25) is 17.7 Å². The number of phenolic OH excluding ortho intramolecular Hbond substituents is 1. The lowest BCUT2D eigenvalue weighted by molar-refractivity contribution is -0.141. The number of carboxylic acid groups (broad SMARTS) is 1. The van der Waals surface area contributed by atoms with Gasteiger partial charge >= 0.3 is 5.97 Å². The molecule has 3 amide bonds. The number of benzene rings is 1. The number of nitrogens with one attached hydrogen (secondary N) is 3. The van der Waals surface area contributed by atoms with E-state index in [4.69, 9.17) is 10.8 Å². The van der Waals surface area contributed by atoms with E-state index < -0.39 is 47.9 Å². The van der Waals surface area contributed by atoms with Crippen molar-refractivity contribution < 1.29 is 29.4 Å². The molecule has 1 rings (SSSR count). The lowest BCUT2D eigenvalue weighted by atomic mass is 10.0. The third kappa shape index (κ3) is 9.15. The van der Waals surface area contributed by atoms with Crippen molar-refractivity contribution in [2.45, 2.75) is 57.8 Å². The second kappa shape index (κ2) is 12.9. The number of aliphatic carboxylic acids is 1. The molecular weight excluding hydrogens is 436 g/mol. The number of thiol groups is 1. The van der Waals surface area contributed by atoms with Gasteiger partial charge in [0.05, 0.1) is 6.04 Å². The predicted molar refractivity (Wildman–Crippen MR) is 122 cm³/mol. The molecule has 0 fully saturated rings. The largest absolute Gasteiger partial charge is 0.508 e. The van der Waals surface area contributed by atoms with E-state index in [1.54, 1.807) is 12.1 Å². The fourth-order valence-corrected chi connectivity index (χ4v) is 2.96. The van der Waals surface area contributed by atoms with Crippen LogP contribution in [0.15, 0.2) is 24.3 Å². The smallest absolute Gasteiger partial charge is 0.325 e. The van der Waals surface area contributed by atoms with Gasteiger partial charge in [0.25, 0.3) is 0 Å². The number of carbonyl (C=O) groups excluding carboxylic acids is 3. The summed E-state index contributed by atoms with van der Waals surface area (Å²) in [7, 11) is 0. The third-order valence-electron chi connectivity index (χ3n) is 4.61. The molecular formula is C21H32N4O6S. The Bertz CT molecular complexity index is 802. The Morgan fingerprint density at radius 2 is 1.47 bits per heavy atom. The third-order valence-corrected chi connectivity index (χ3v) is 5.01. The Hall–Kier alpha value is -2.79. The molecule has 4 unspecified atom stereocenters. The first-order valence-electron chi connectivity index (χ1n) is 10.2. The number of carboxylic acids is 1. The Labute approximate surface area is 192 Å². The van der Waals surface area contributed by atoms with E-state index in [1.807, 2.05) is 13.8 Å². The van der Waals surface area contributed by atoms with Crippen LogP contribution >= 0.6 is 12.6 Å². The van der Waals surface area contributed by atoms with Crippen LogP contribution in [-0.2, 0) is 25.6 Å². The monoisotopic (exact) mass is 468 g/mol. The highest BCUT2D eigenvalue weighted by Crippen LogP contribution is 2.12. The zero-order valence-corrected chi connectivity index (χ0v) is 19.3. The molecule has 0 bridgehead atoms. The van der Waals surface area contributed by atoms with E-state index in [-0.39, 0.29) is 30.3 Å². The average molecular weight is 469 g/mol. The first-order chi connectivity index (χ1) is 14.9. The highest BCUT2D eigenvalue weighted by Gasteiger charge is 2.29. The SMILES string of the molecule is CC(C)CC(NC(=O)C(Cc1ccc(O)cc1)NC(=O)C(N)CS)C(=O)NC(C)C(=O)O. The second-order valence-electron chi connectivity index (χ2n) is 7.98. The topological polar surface area (TPSA) is 171 Å². The molecule has 7 N–H and O–H groups in total. The Balaban J connectivity index is 3.06. The fraction of sp³-hybridized carbons (Fsp3) is 0.524. The first-order valence-corrected chi connectivity index (χ1v) is 10.9. The van der Waals surface area contributed by atoms with Crippen molar-refractivity contribution >= 4 is 36.3 Å². The fourth-order valence-electron chi connectivity index (χ4n) is 2.79. The molecule has 1 aromatic carbocycles. The van der Waals surface area contributed by atoms with E-state index >= 15 is 0 Å². The Morgan fingerprint density at radius 3 is 1.97 bits per heavy atom. The molecule has 0 heterocycles. The summed E-state index contributed by atoms with van der Waals surface area (Å²) >= 11 is 3.99. The number of hydrogen-bond donors (Lipinski definition) is 7. The lowest BCUT2D eigenvalue weighted by Gasteiger charge is -2.25. The van der Waals surface area contributed by atoms with E-state index in [9.17, 15) is 24.3 Å². The van der Waals surface area contributed by atoms with Gasteiger partial charge in [-0.15, -0.1) is 0 Å². The number of nitrogens with two attached hydrogens (primary N) is 1. The van der Waals surface area contributed by atoms with Crippen LogP contribution in [0, 0.1) is 5.92 Å². The molecule has 178 valence electrons. The van der Waals surface area contributed by atoms with E-state index in [1.165, 1.54) is 19.1 Å². The maximum absolute atomic E-state index is 13.0. The molecule has 0 aliphatic heterocycles. The molecule has 4 atom stereocenters. The molecule has 0 aliphatic rings. The summed E-state index contributed by atoms with van der Waals surface area (Å²) in [6.45, 7) is 5.03. The minimum absolute atomic E-state index is 0.0222. The summed E-state index contributed by atoms with van der Waals surface area (Å²) < 4.78 is 0. The summed E-state index contributed by atoms with van der Waals surface area (Å²) in [5.41, 5.74) is 6.36. The molecule has 0 aliphatic carbocycles. The van der Waals surface area contributed by atoms with Crippen molar-refractivity contribution in [3.8, 4) is 5.75 Å². The van der Waals surface area contributed by atoms with Crippen molar-refractivity contribution in [1.82, 2.24) is 16.0 Å². The summed E-state index contributed by atoms with van der Waals surface area (Å²) in [6, 6.07) is 2.00. The van der Waals surface area contributed by atoms with Crippen molar-refractivity contribution in [1.29, 1.82) is 0 Å². The highest BCUT2D eigenvalue weighted by molar-refractivity contribution is 7.80. The molecule has 0 aromatic heterocycles. The van der Waals surface area contributed by atoms with Crippen molar-refractivity contribution in [3.63, 3.8) is 0 Å². The summed E-state index contributed by atoms with van der Waals surface area (Å²) in [4.78, 5) is 49.0. The van der Waals surface area contributed by atoms with Crippen LogP contribution in [0.4, 0.5) is 0 Å². The number of phenols is 1. The van der Waals surface area contributed by atoms with Crippen molar-refractivity contribution in [2.75, 3.05) is 5.75 Å². The zero-order chi connectivity index (χ0) is 24.4. The van der Waals surface area contributed by atoms with Gasteiger partial charge in [-0.25, -0.2) is 0 Å². The van der Waals surface area contributed by atoms with Gasteiger partial charge in [-0.2, -0.15) is 12.6 Å². The summed E-state index contributed by atoms with van der Waals surface area (Å²) in [6.07, 6.45) is 0.346. The molecule has 1 aromatic rings. The second-order valence-corrected chi connectivity index (χ2v) is 8.35. The van der Waals surface area contributed by atoms with Gasteiger partial charge in [0, 0.05) is 12.2 Å². The van der Waals surface area contributed by atoms with Crippen LogP contribution in [0.2, 0.25) is 0 Å². The van der Waals surface area contributed by atoms with Crippen LogP contribution in [0.3, 0.4) is 0 Å². The number of amides is 3. The molecule has 0 spiro atoms. The van der Waals surface area contributed by atoms with Gasteiger partial charge in [0.15, 0.2) is 0 Å². The molecule has 32 heavy (non-hydrogen) atoms. The van der Waals surface area contributed by atoms with Crippen molar-refractivity contribution in [3.05, 3.63) is 29.8 Å². The molecule has 11 heteroatoms. The van der Waals surface area contributed by atoms with Crippen LogP contribution in [0.5, 0.6) is 5.75 Å². The summed E-state index contributed by atoms with van der Waals surface area (Å²) in [5.74, 6) is -2.89. The molecule has 0 saturated carbocycles. The Kier molecular flexibility index (Phi) is 11.0. The number of carbonyl (C=O) groups is 4. The van der Waals surface area contributed by atoms with Crippen LogP contribution < -0.4 is 21.7 Å². The van der Waals surface area contributed by atoms with Gasteiger partial charge in [0.1, 0.15) is 23.9 Å². The maximum Gasteiger partial charge on any atom is 0.325 e. The highest BCUT2D eigenvalue weighted by atomic mass is 32.1. The average Bonchev–Trinajstić information content (AvgIpc) is 2.72. The van der Waals surface area contributed by atoms with Crippen LogP contribution in [-0.4, -0.2) is 63.8 Å². The summed E-state index contributed by atoms with van der Waals surface area (Å²) in [5, 5.41) is 26.0. The normalized spacial score (nSPS) is 14.7. The minimum atomic E-state index is -1.20. The first kappa shape index (κ1) is 27.2. The quantitative estimate of drug-likeness (QED) is 0.208. The minimum Gasteiger partial charge on any atom is -0.508 e. The number of hydrogen-bond acceptors (Lipinski definition) is 7. The Morgan fingerprint density at radius 1 is 0.938 bits per heavy atom. The van der Waals surface area contributed by atoms with E-state index in [2.05, 4.69) is 28.6 Å². The molecule has 10 nitrogen and oxygen atoms in total. The van der Waals surface area contributed by atoms with Crippen molar-refractivity contribution in [2.24, 2.45) is 11.7 Å². The maximum atomic E-state index is 13.0.